The summed E-state index contributed by atoms with van der Waals surface area (Å²) in [5.74, 6) is -7.41. The molecule has 0 aromatic heterocycles. The molecule has 0 radical (unpaired) electrons. The van der Waals surface area contributed by atoms with Crippen LogP contribution >= 0.6 is 11.8 Å². The third-order valence-electron chi connectivity index (χ3n) is 7.10. The Hall–Kier alpha value is -4.19. The van der Waals surface area contributed by atoms with Gasteiger partial charge in [0, 0.05) is 7.05 Å². The quantitative estimate of drug-likeness (QED) is 0.132. The summed E-state index contributed by atoms with van der Waals surface area (Å²) in [4.78, 5) is 102. The number of likely N-dealkylation sites (tertiary alicyclic amines) is 1. The van der Waals surface area contributed by atoms with Gasteiger partial charge < -0.3 is 38.1 Å². The van der Waals surface area contributed by atoms with E-state index < -0.39 is 83.8 Å². The Labute approximate surface area is 288 Å². The summed E-state index contributed by atoms with van der Waals surface area (Å²) in [5.41, 5.74) is 0. The second-order valence-corrected chi connectivity index (χ2v) is 12.3. The molecule has 0 spiro atoms. The minimum absolute atomic E-state index is 0.0731. The van der Waals surface area contributed by atoms with Crippen molar-refractivity contribution in [2.75, 3.05) is 26.7 Å². The highest BCUT2D eigenvalue weighted by Crippen LogP contribution is 2.37. The van der Waals surface area contributed by atoms with Gasteiger partial charge in [-0.3, -0.25) is 9.69 Å². The summed E-state index contributed by atoms with van der Waals surface area (Å²) in [6.45, 7) is 10.3. The molecule has 2 aliphatic rings. The Kier molecular flexibility index (Phi) is 16.0. The second kappa shape index (κ2) is 19.1. The SMILES string of the molecule is CCOC(=O)[C@H](C)OC(=O)[C@H](C)OC(=O)[C@H](C)OC(=O)[C@H](C)OC(=O)[C@H](C)OC(=O)[C@H](C)OC(=O)/C=C1/SC(N2CCCCC2)C(=O)N1C. The maximum Gasteiger partial charge on any atom is 0.348 e. The molecule has 0 N–H and O–H groups in total. The second-order valence-electron chi connectivity index (χ2n) is 11.2. The fourth-order valence-corrected chi connectivity index (χ4v) is 5.50. The molecule has 17 nitrogen and oxygen atoms in total. The molecule has 2 rings (SSSR count). The molecule has 1 amide bonds. The van der Waals surface area contributed by atoms with Crippen LogP contribution in [-0.2, 0) is 71.5 Å². The van der Waals surface area contributed by atoms with Crippen molar-refractivity contribution in [2.45, 2.75) is 110 Å². The number of hydrogen-bond acceptors (Lipinski definition) is 17. The lowest BCUT2D eigenvalue weighted by Crippen LogP contribution is -2.42. The largest absolute Gasteiger partial charge is 0.463 e. The van der Waals surface area contributed by atoms with Gasteiger partial charge in [-0.15, -0.1) is 0 Å². The number of hydrogen-bond donors (Lipinski definition) is 0. The maximum absolute atomic E-state index is 12.7. The average molecular weight is 717 g/mol. The number of nitrogens with zero attached hydrogens (tertiary/aromatic N) is 2. The molecule has 2 heterocycles. The molecule has 49 heavy (non-hydrogen) atoms. The van der Waals surface area contributed by atoms with Crippen molar-refractivity contribution in [3.05, 3.63) is 11.1 Å². The van der Waals surface area contributed by atoms with Crippen LogP contribution in [0.15, 0.2) is 11.1 Å². The molecule has 0 aromatic rings. The van der Waals surface area contributed by atoms with E-state index in [0.29, 0.717) is 5.03 Å². The van der Waals surface area contributed by atoms with Crippen LogP contribution < -0.4 is 0 Å². The van der Waals surface area contributed by atoms with Crippen molar-refractivity contribution in [1.82, 2.24) is 9.80 Å². The van der Waals surface area contributed by atoms with Gasteiger partial charge in [0.25, 0.3) is 5.91 Å². The van der Waals surface area contributed by atoms with E-state index in [2.05, 4.69) is 4.90 Å². The summed E-state index contributed by atoms with van der Waals surface area (Å²) in [6.07, 6.45) is -4.59. The number of amides is 1. The van der Waals surface area contributed by atoms with Gasteiger partial charge in [-0.1, -0.05) is 18.2 Å². The zero-order chi connectivity index (χ0) is 37.0. The Morgan fingerprint density at radius 3 is 1.41 bits per heavy atom. The Balaban J connectivity index is 1.80. The summed E-state index contributed by atoms with van der Waals surface area (Å²) < 4.78 is 34.6. The predicted octanol–water partition coefficient (Wildman–Crippen LogP) is 0.998. The fraction of sp³-hybridized carbons (Fsp3) is 0.677. The molecule has 2 saturated heterocycles. The molecular weight excluding hydrogens is 672 g/mol. The van der Waals surface area contributed by atoms with Crippen molar-refractivity contribution >= 4 is 59.5 Å². The van der Waals surface area contributed by atoms with Gasteiger partial charge in [0.2, 0.25) is 0 Å². The number of piperidine rings is 1. The number of esters is 7. The monoisotopic (exact) mass is 716 g/mol. The predicted molar refractivity (Wildman–Crippen MR) is 168 cm³/mol. The van der Waals surface area contributed by atoms with Gasteiger partial charge in [-0.2, -0.15) is 0 Å². The highest BCUT2D eigenvalue weighted by atomic mass is 32.2. The van der Waals surface area contributed by atoms with E-state index >= 15 is 0 Å². The average Bonchev–Trinajstić information content (AvgIpc) is 3.32. The van der Waals surface area contributed by atoms with Crippen molar-refractivity contribution in [3.63, 3.8) is 0 Å². The molecule has 0 bridgehead atoms. The van der Waals surface area contributed by atoms with E-state index in [-0.39, 0.29) is 12.5 Å². The lowest BCUT2D eigenvalue weighted by Gasteiger charge is -2.29. The topological polar surface area (TPSA) is 208 Å². The molecule has 2 fully saturated rings. The van der Waals surface area contributed by atoms with E-state index in [9.17, 15) is 38.4 Å². The summed E-state index contributed by atoms with van der Waals surface area (Å²) >= 11 is 1.22. The van der Waals surface area contributed by atoms with E-state index in [4.69, 9.17) is 33.2 Å². The molecular formula is C31H44N2O15S. The van der Waals surface area contributed by atoms with Gasteiger partial charge in [-0.05, 0) is 74.4 Å². The van der Waals surface area contributed by atoms with Crippen molar-refractivity contribution in [3.8, 4) is 0 Å². The van der Waals surface area contributed by atoms with Crippen molar-refractivity contribution in [2.24, 2.45) is 0 Å². The van der Waals surface area contributed by atoms with Crippen LogP contribution in [0.5, 0.6) is 0 Å². The molecule has 1 unspecified atom stereocenters. The van der Waals surface area contributed by atoms with Crippen LogP contribution in [-0.4, -0.2) is 126 Å². The van der Waals surface area contributed by atoms with Gasteiger partial charge in [-0.25, -0.2) is 33.6 Å². The fourth-order valence-electron chi connectivity index (χ4n) is 4.24. The smallest absolute Gasteiger partial charge is 0.348 e. The molecule has 274 valence electrons. The lowest BCUT2D eigenvalue weighted by atomic mass is 10.1. The molecule has 7 atom stereocenters. The summed E-state index contributed by atoms with van der Waals surface area (Å²) in [7, 11) is 1.55. The third kappa shape index (κ3) is 12.3. The zero-order valence-corrected chi connectivity index (χ0v) is 29.6. The molecule has 0 aromatic carbocycles. The molecule has 0 aliphatic carbocycles. The van der Waals surface area contributed by atoms with E-state index in [1.54, 1.807) is 14.0 Å². The van der Waals surface area contributed by atoms with E-state index in [1.165, 1.54) is 37.4 Å². The summed E-state index contributed by atoms with van der Waals surface area (Å²) in [6, 6.07) is 0. The van der Waals surface area contributed by atoms with Gasteiger partial charge >= 0.3 is 41.8 Å². The van der Waals surface area contributed by atoms with Gasteiger partial charge in [0.05, 0.1) is 17.7 Å². The Bertz CT molecular complexity index is 1300. The molecule has 18 heteroatoms. The van der Waals surface area contributed by atoms with Crippen LogP contribution in [0.25, 0.3) is 0 Å². The van der Waals surface area contributed by atoms with Crippen molar-refractivity contribution in [1.29, 1.82) is 0 Å². The van der Waals surface area contributed by atoms with Gasteiger partial charge in [0.1, 0.15) is 5.37 Å². The van der Waals surface area contributed by atoms with Crippen LogP contribution in [0, 0.1) is 0 Å². The van der Waals surface area contributed by atoms with E-state index in [0.717, 1.165) is 59.2 Å². The molecule has 0 saturated carbocycles. The number of thioether (sulfide) groups is 1. The Morgan fingerprint density at radius 1 is 0.653 bits per heavy atom. The maximum atomic E-state index is 12.7. The first-order valence-corrected chi connectivity index (χ1v) is 16.6. The third-order valence-corrected chi connectivity index (χ3v) is 8.46. The number of carbonyl (C=O) groups is 8. The number of carbonyl (C=O) groups excluding carboxylic acids is 8. The first-order valence-electron chi connectivity index (χ1n) is 15.8. The highest BCUT2D eigenvalue weighted by molar-refractivity contribution is 8.04. The highest BCUT2D eigenvalue weighted by Gasteiger charge is 2.39. The first kappa shape index (κ1) is 41.0. The summed E-state index contributed by atoms with van der Waals surface area (Å²) in [5, 5.41) is -0.0757. The minimum atomic E-state index is -1.56. The lowest BCUT2D eigenvalue weighted by molar-refractivity contribution is -0.187. The normalized spacial score (nSPS) is 20.9. The van der Waals surface area contributed by atoms with Crippen LogP contribution in [0.1, 0.15) is 67.7 Å². The van der Waals surface area contributed by atoms with Crippen LogP contribution in [0.4, 0.5) is 0 Å². The van der Waals surface area contributed by atoms with Crippen LogP contribution in [0.2, 0.25) is 0 Å². The van der Waals surface area contributed by atoms with Crippen LogP contribution in [0.3, 0.4) is 0 Å². The van der Waals surface area contributed by atoms with E-state index in [1.807, 2.05) is 0 Å². The molecule has 2 aliphatic heterocycles. The van der Waals surface area contributed by atoms with Crippen molar-refractivity contribution < 1.29 is 71.5 Å². The zero-order valence-electron chi connectivity index (χ0n) is 28.8. The Morgan fingerprint density at radius 2 is 1.02 bits per heavy atom. The number of rotatable bonds is 15. The number of ether oxygens (including phenoxy) is 7. The first-order chi connectivity index (χ1) is 23.0. The van der Waals surface area contributed by atoms with Gasteiger partial charge in [0.15, 0.2) is 36.6 Å². The number of likely N-dealkylation sites (N-methyl/N-ethyl adjacent to an activating group) is 1. The minimum Gasteiger partial charge on any atom is -0.463 e. The standard InChI is InChI=1S/C31H44N2O15S/c1-9-42-26(36)16(2)44-28(38)18(4)46-30(40)20(6)48-31(41)21(7)47-29(39)19(5)45-27(37)17(3)43-23(34)15-22-32(8)24(35)25(49-22)33-13-11-10-12-14-33/h15-21,25H,9-14H2,1-8H3/b22-15+/t16-,17-,18-,19-,20-,21-,25?/m0/s1.